The van der Waals surface area contributed by atoms with Crippen LogP contribution >= 0.6 is 11.8 Å². The predicted molar refractivity (Wildman–Crippen MR) is 105 cm³/mol. The number of amides is 1. The number of thioether (sulfide) groups is 1. The van der Waals surface area contributed by atoms with Crippen molar-refractivity contribution in [3.05, 3.63) is 66.6 Å². The first-order valence-electron chi connectivity index (χ1n) is 8.72. The van der Waals surface area contributed by atoms with Crippen molar-refractivity contribution in [3.63, 3.8) is 0 Å². The Kier molecular flexibility index (Phi) is 5.52. The van der Waals surface area contributed by atoms with E-state index in [-0.39, 0.29) is 24.2 Å². The molecule has 3 heterocycles. The molecule has 0 radical (unpaired) electrons. The number of nitrogens with zero attached hydrogens (tertiary/aromatic N) is 5. The largest absolute Gasteiger partial charge is 0.350 e. The summed E-state index contributed by atoms with van der Waals surface area (Å²) in [5.74, 6) is -2.33. The molecule has 29 heavy (non-hydrogen) atoms. The van der Waals surface area contributed by atoms with Crippen molar-refractivity contribution in [1.82, 2.24) is 29.6 Å². The molecule has 1 N–H and O–H groups in total. The Labute approximate surface area is 168 Å². The molecule has 0 spiro atoms. The minimum atomic E-state index is -2.62. The van der Waals surface area contributed by atoms with Crippen LogP contribution in [0.2, 0.25) is 0 Å². The minimum Gasteiger partial charge on any atom is -0.350 e. The number of rotatable bonds is 7. The molecular formula is C19H16F2N6OS. The normalized spacial score (nSPS) is 11.3. The smallest absolute Gasteiger partial charge is 0.291 e. The van der Waals surface area contributed by atoms with Crippen LogP contribution < -0.4 is 5.32 Å². The highest BCUT2D eigenvalue weighted by atomic mass is 32.2. The first kappa shape index (κ1) is 19.1. The lowest BCUT2D eigenvalue weighted by Gasteiger charge is -2.11. The summed E-state index contributed by atoms with van der Waals surface area (Å²) in [4.78, 5) is 21.1. The molecule has 7 nitrogen and oxygen atoms in total. The lowest BCUT2D eigenvalue weighted by Crippen LogP contribution is -2.28. The first-order valence-corrected chi connectivity index (χ1v) is 9.60. The molecule has 3 aromatic heterocycles. The zero-order valence-corrected chi connectivity index (χ0v) is 15.9. The van der Waals surface area contributed by atoms with E-state index in [0.717, 1.165) is 5.56 Å². The van der Waals surface area contributed by atoms with Gasteiger partial charge in [-0.25, -0.2) is 14.6 Å². The average molecular weight is 414 g/mol. The van der Waals surface area contributed by atoms with Gasteiger partial charge in [-0.05, 0) is 36.0 Å². The summed E-state index contributed by atoms with van der Waals surface area (Å²) in [6.45, 7) is 0.110. The molecule has 0 bridgehead atoms. The minimum absolute atomic E-state index is 0.106. The number of fused-ring (bicyclic) bond motifs is 1. The molecule has 0 saturated carbocycles. The van der Waals surface area contributed by atoms with E-state index < -0.39 is 5.76 Å². The van der Waals surface area contributed by atoms with Gasteiger partial charge in [-0.15, -0.1) is 0 Å². The third-order valence-electron chi connectivity index (χ3n) is 4.18. The Balaban J connectivity index is 1.52. The number of nitrogens with one attached hydrogen (secondary N) is 1. The number of carbonyl (C=O) groups excluding carboxylic acids is 1. The summed E-state index contributed by atoms with van der Waals surface area (Å²) in [5, 5.41) is 7.09. The van der Waals surface area contributed by atoms with Crippen LogP contribution in [0, 0.1) is 0 Å². The maximum absolute atomic E-state index is 12.9. The second-order valence-corrected chi connectivity index (χ2v) is 7.02. The van der Waals surface area contributed by atoms with E-state index in [1.165, 1.54) is 4.57 Å². The highest BCUT2D eigenvalue weighted by Gasteiger charge is 2.18. The van der Waals surface area contributed by atoms with Crippen LogP contribution in [0.4, 0.5) is 8.78 Å². The number of halogens is 2. The fourth-order valence-electron chi connectivity index (χ4n) is 2.94. The molecular weight excluding hydrogens is 398 g/mol. The number of imidazole rings is 1. The number of carbonyl (C=O) groups is 1. The number of para-hydroxylation sites is 2. The van der Waals surface area contributed by atoms with E-state index in [0.29, 0.717) is 28.6 Å². The highest BCUT2D eigenvalue weighted by molar-refractivity contribution is 7.99. The molecule has 148 valence electrons. The fraction of sp³-hybridized carbons (Fsp3) is 0.158. The summed E-state index contributed by atoms with van der Waals surface area (Å²) >= 11 is 0.325. The van der Waals surface area contributed by atoms with E-state index in [1.54, 1.807) is 59.7 Å². The summed E-state index contributed by atoms with van der Waals surface area (Å²) < 4.78 is 28.9. The van der Waals surface area contributed by atoms with Crippen LogP contribution in [-0.2, 0) is 17.9 Å². The van der Waals surface area contributed by atoms with E-state index in [2.05, 4.69) is 20.4 Å². The van der Waals surface area contributed by atoms with Gasteiger partial charge >= 0.3 is 0 Å². The van der Waals surface area contributed by atoms with Gasteiger partial charge in [-0.3, -0.25) is 4.79 Å². The van der Waals surface area contributed by atoms with E-state index >= 15 is 0 Å². The molecule has 0 fully saturated rings. The summed E-state index contributed by atoms with van der Waals surface area (Å²) in [6, 6.07) is 12.4. The van der Waals surface area contributed by atoms with Gasteiger partial charge in [0.15, 0.2) is 11.0 Å². The average Bonchev–Trinajstić information content (AvgIpc) is 3.35. The molecule has 4 rings (SSSR count). The van der Waals surface area contributed by atoms with Crippen molar-refractivity contribution in [2.75, 3.05) is 0 Å². The molecule has 0 aliphatic carbocycles. The van der Waals surface area contributed by atoms with Crippen molar-refractivity contribution in [3.8, 4) is 5.82 Å². The second kappa shape index (κ2) is 8.39. The standard InChI is InChI=1S/C19H16F2N6OS/c20-18(21)29-19-25-14-6-1-2-7-15(14)26(19)12-16(28)23-11-13-5-3-8-22-17(13)27-10-4-9-24-27/h1-10,18H,11-12H2,(H,23,28). The van der Waals surface area contributed by atoms with Gasteiger partial charge in [0.05, 0.1) is 11.0 Å². The fourth-order valence-corrected chi connectivity index (χ4v) is 3.54. The number of aromatic nitrogens is 5. The Bertz CT molecular complexity index is 1130. The summed E-state index contributed by atoms with van der Waals surface area (Å²) in [7, 11) is 0. The summed E-state index contributed by atoms with van der Waals surface area (Å²) in [6.07, 6.45) is 5.05. The molecule has 0 saturated heterocycles. The van der Waals surface area contributed by atoms with Crippen molar-refractivity contribution < 1.29 is 13.6 Å². The van der Waals surface area contributed by atoms with Crippen molar-refractivity contribution in [1.29, 1.82) is 0 Å². The topological polar surface area (TPSA) is 77.6 Å². The van der Waals surface area contributed by atoms with Crippen LogP contribution in [-0.4, -0.2) is 36.0 Å². The van der Waals surface area contributed by atoms with Gasteiger partial charge in [0.25, 0.3) is 5.76 Å². The monoisotopic (exact) mass is 414 g/mol. The third-order valence-corrected chi connectivity index (χ3v) is 4.88. The maximum atomic E-state index is 12.9. The summed E-state index contributed by atoms with van der Waals surface area (Å²) in [5.41, 5.74) is 1.98. The quantitative estimate of drug-likeness (QED) is 0.470. The van der Waals surface area contributed by atoms with Crippen LogP contribution in [0.1, 0.15) is 5.56 Å². The van der Waals surface area contributed by atoms with Gasteiger partial charge in [-0.2, -0.15) is 13.9 Å². The van der Waals surface area contributed by atoms with E-state index in [1.807, 2.05) is 6.07 Å². The molecule has 0 aliphatic heterocycles. The SMILES string of the molecule is O=C(Cn1c(SC(F)F)nc2ccccc21)NCc1cccnc1-n1cccn1. The second-order valence-electron chi connectivity index (χ2n) is 6.06. The van der Waals surface area contributed by atoms with Gasteiger partial charge in [0.2, 0.25) is 5.91 Å². The highest BCUT2D eigenvalue weighted by Crippen LogP contribution is 2.28. The van der Waals surface area contributed by atoms with Gasteiger partial charge in [-0.1, -0.05) is 18.2 Å². The Morgan fingerprint density at radius 1 is 1.14 bits per heavy atom. The molecule has 10 heteroatoms. The third kappa shape index (κ3) is 4.27. The molecule has 0 atom stereocenters. The zero-order valence-electron chi connectivity index (χ0n) is 15.1. The van der Waals surface area contributed by atoms with Crippen molar-refractivity contribution >= 4 is 28.7 Å². The van der Waals surface area contributed by atoms with Gasteiger partial charge < -0.3 is 9.88 Å². The van der Waals surface area contributed by atoms with Gasteiger partial charge in [0.1, 0.15) is 6.54 Å². The van der Waals surface area contributed by atoms with Crippen molar-refractivity contribution in [2.24, 2.45) is 0 Å². The number of benzene rings is 1. The van der Waals surface area contributed by atoms with Crippen LogP contribution in [0.3, 0.4) is 0 Å². The molecule has 4 aromatic rings. The molecule has 1 amide bonds. The number of alkyl halides is 2. The lowest BCUT2D eigenvalue weighted by atomic mass is 10.2. The molecule has 0 aliphatic rings. The van der Waals surface area contributed by atoms with E-state index in [4.69, 9.17) is 0 Å². The number of hydrogen-bond acceptors (Lipinski definition) is 5. The number of hydrogen-bond donors (Lipinski definition) is 1. The first-order chi connectivity index (χ1) is 14.1. The van der Waals surface area contributed by atoms with Crippen LogP contribution in [0.5, 0.6) is 0 Å². The van der Waals surface area contributed by atoms with Crippen molar-refractivity contribution in [2.45, 2.75) is 24.0 Å². The van der Waals surface area contributed by atoms with Crippen LogP contribution in [0.25, 0.3) is 16.9 Å². The Morgan fingerprint density at radius 3 is 2.79 bits per heavy atom. The Hall–Kier alpha value is -3.27. The zero-order chi connectivity index (χ0) is 20.2. The maximum Gasteiger partial charge on any atom is 0.291 e. The Morgan fingerprint density at radius 2 is 2.00 bits per heavy atom. The van der Waals surface area contributed by atoms with Gasteiger partial charge in [0, 0.05) is 30.7 Å². The van der Waals surface area contributed by atoms with E-state index in [9.17, 15) is 13.6 Å². The number of pyridine rings is 1. The molecule has 1 aromatic carbocycles. The van der Waals surface area contributed by atoms with Crippen LogP contribution in [0.15, 0.2) is 66.2 Å². The predicted octanol–water partition coefficient (Wildman–Crippen LogP) is 3.25. The lowest BCUT2D eigenvalue weighted by molar-refractivity contribution is -0.121. The molecule has 0 unspecified atom stereocenters.